The van der Waals surface area contributed by atoms with Crippen molar-refractivity contribution in [3.63, 3.8) is 0 Å². The summed E-state index contributed by atoms with van der Waals surface area (Å²) in [6.07, 6.45) is 0.704. The van der Waals surface area contributed by atoms with E-state index in [1.807, 2.05) is 13.8 Å². The highest BCUT2D eigenvalue weighted by atomic mass is 35.5. The zero-order valence-electron chi connectivity index (χ0n) is 10.9. The quantitative estimate of drug-likeness (QED) is 0.891. The van der Waals surface area contributed by atoms with E-state index in [1.54, 1.807) is 25.1 Å². The number of nitrogens with one attached hydrogen (secondary N) is 1. The Balaban J connectivity index is 3.07. The number of hydrogen-bond donors (Lipinski definition) is 1. The molecule has 0 bridgehead atoms. The molecule has 1 aromatic rings. The molecular weight excluding hydrogens is 250 g/mol. The number of ketones is 1. The molecule has 0 heterocycles. The first-order chi connectivity index (χ1) is 8.45. The molecule has 18 heavy (non-hydrogen) atoms. The highest BCUT2D eigenvalue weighted by Crippen LogP contribution is 2.21. The van der Waals surface area contributed by atoms with E-state index in [9.17, 15) is 9.59 Å². The van der Waals surface area contributed by atoms with E-state index in [4.69, 9.17) is 11.6 Å². The Morgan fingerprint density at radius 3 is 2.56 bits per heavy atom. The average molecular weight is 268 g/mol. The van der Waals surface area contributed by atoms with Gasteiger partial charge >= 0.3 is 0 Å². The van der Waals surface area contributed by atoms with Gasteiger partial charge in [0.2, 0.25) is 0 Å². The van der Waals surface area contributed by atoms with Gasteiger partial charge in [-0.05, 0) is 25.5 Å². The summed E-state index contributed by atoms with van der Waals surface area (Å²) in [5.74, 6) is -0.134. The first-order valence-electron chi connectivity index (χ1n) is 6.05. The monoisotopic (exact) mass is 267 g/mol. The molecule has 0 aliphatic heterocycles. The standard InChI is InChI=1S/C14H18ClNO2/c1-4-11(17)8-10-6-5-7-12(15)13(10)14(18)16-9(2)3/h5-7,9H,4,8H2,1-3H3,(H,16,18). The predicted octanol–water partition coefficient (Wildman–Crippen LogP) is 3.00. The van der Waals surface area contributed by atoms with Crippen molar-refractivity contribution in [2.45, 2.75) is 39.7 Å². The number of rotatable bonds is 5. The van der Waals surface area contributed by atoms with Gasteiger partial charge in [0, 0.05) is 18.9 Å². The van der Waals surface area contributed by atoms with Gasteiger partial charge in [-0.1, -0.05) is 30.7 Å². The highest BCUT2D eigenvalue weighted by Gasteiger charge is 2.17. The van der Waals surface area contributed by atoms with Crippen LogP contribution in [0.15, 0.2) is 18.2 Å². The molecule has 0 spiro atoms. The largest absolute Gasteiger partial charge is 0.350 e. The van der Waals surface area contributed by atoms with Gasteiger partial charge in [0.25, 0.3) is 5.91 Å². The summed E-state index contributed by atoms with van der Waals surface area (Å²) in [5.41, 5.74) is 1.10. The molecule has 1 rings (SSSR count). The van der Waals surface area contributed by atoms with Crippen LogP contribution in [0.4, 0.5) is 0 Å². The molecule has 0 saturated carbocycles. The third-order valence-corrected chi connectivity index (χ3v) is 2.84. The second-order valence-corrected chi connectivity index (χ2v) is 4.88. The van der Waals surface area contributed by atoms with Gasteiger partial charge in [0.15, 0.2) is 0 Å². The highest BCUT2D eigenvalue weighted by molar-refractivity contribution is 6.34. The predicted molar refractivity (Wildman–Crippen MR) is 73.1 cm³/mol. The van der Waals surface area contributed by atoms with Crippen LogP contribution in [0.3, 0.4) is 0 Å². The van der Waals surface area contributed by atoms with E-state index in [1.165, 1.54) is 0 Å². The SMILES string of the molecule is CCC(=O)Cc1cccc(Cl)c1C(=O)NC(C)C. The topological polar surface area (TPSA) is 46.2 Å². The minimum Gasteiger partial charge on any atom is -0.350 e. The summed E-state index contributed by atoms with van der Waals surface area (Å²) in [5, 5.41) is 3.18. The summed E-state index contributed by atoms with van der Waals surface area (Å²) in [7, 11) is 0. The smallest absolute Gasteiger partial charge is 0.253 e. The van der Waals surface area contributed by atoms with Crippen LogP contribution in [-0.2, 0) is 11.2 Å². The Kier molecular flexibility index (Phi) is 5.35. The summed E-state index contributed by atoms with van der Waals surface area (Å²) < 4.78 is 0. The molecule has 1 N–H and O–H groups in total. The number of carbonyl (C=O) groups excluding carboxylic acids is 2. The van der Waals surface area contributed by atoms with Crippen molar-refractivity contribution in [2.75, 3.05) is 0 Å². The van der Waals surface area contributed by atoms with E-state index in [2.05, 4.69) is 5.32 Å². The number of halogens is 1. The Labute approximate surface area is 113 Å². The molecule has 0 atom stereocenters. The molecule has 3 nitrogen and oxygen atoms in total. The zero-order valence-corrected chi connectivity index (χ0v) is 11.7. The molecule has 0 aromatic heterocycles. The number of benzene rings is 1. The molecule has 0 aliphatic carbocycles. The molecular formula is C14H18ClNO2. The lowest BCUT2D eigenvalue weighted by Crippen LogP contribution is -2.31. The van der Waals surface area contributed by atoms with Crippen LogP contribution in [0.25, 0.3) is 0 Å². The van der Waals surface area contributed by atoms with Crippen molar-refractivity contribution in [3.8, 4) is 0 Å². The lowest BCUT2D eigenvalue weighted by atomic mass is 10.0. The van der Waals surface area contributed by atoms with Crippen molar-refractivity contribution in [2.24, 2.45) is 0 Å². The molecule has 0 unspecified atom stereocenters. The molecule has 0 radical (unpaired) electrons. The van der Waals surface area contributed by atoms with Crippen molar-refractivity contribution in [1.82, 2.24) is 5.32 Å². The maximum atomic E-state index is 12.1. The Morgan fingerprint density at radius 1 is 1.33 bits per heavy atom. The molecule has 4 heteroatoms. The second kappa shape index (κ2) is 6.55. The third kappa shape index (κ3) is 3.84. The van der Waals surface area contributed by atoms with Crippen molar-refractivity contribution < 1.29 is 9.59 Å². The molecule has 0 saturated heterocycles. The van der Waals surface area contributed by atoms with Gasteiger partial charge in [-0.25, -0.2) is 0 Å². The molecule has 1 aromatic carbocycles. The van der Waals surface area contributed by atoms with Crippen molar-refractivity contribution in [3.05, 3.63) is 34.3 Å². The first-order valence-corrected chi connectivity index (χ1v) is 6.43. The Morgan fingerprint density at radius 2 is 2.00 bits per heavy atom. The summed E-state index contributed by atoms with van der Waals surface area (Å²) in [6.45, 7) is 5.57. The van der Waals surface area contributed by atoms with Crippen LogP contribution >= 0.6 is 11.6 Å². The van der Waals surface area contributed by atoms with Crippen LogP contribution in [0.2, 0.25) is 5.02 Å². The fourth-order valence-corrected chi connectivity index (χ4v) is 1.92. The molecule has 0 aliphatic rings. The van der Waals surface area contributed by atoms with E-state index in [0.717, 1.165) is 0 Å². The first kappa shape index (κ1) is 14.7. The maximum Gasteiger partial charge on any atom is 0.253 e. The fraction of sp³-hybridized carbons (Fsp3) is 0.429. The minimum atomic E-state index is -0.227. The average Bonchev–Trinajstić information content (AvgIpc) is 2.27. The van der Waals surface area contributed by atoms with Crippen molar-refractivity contribution >= 4 is 23.3 Å². The third-order valence-electron chi connectivity index (χ3n) is 2.53. The number of hydrogen-bond acceptors (Lipinski definition) is 2. The molecule has 1 amide bonds. The van der Waals surface area contributed by atoms with E-state index in [0.29, 0.717) is 22.6 Å². The van der Waals surface area contributed by atoms with E-state index >= 15 is 0 Å². The normalized spacial score (nSPS) is 10.5. The van der Waals surface area contributed by atoms with Gasteiger partial charge in [-0.2, -0.15) is 0 Å². The lowest BCUT2D eigenvalue weighted by Gasteiger charge is -2.13. The van der Waals surface area contributed by atoms with E-state index < -0.39 is 0 Å². The van der Waals surface area contributed by atoms with Gasteiger partial charge in [0.1, 0.15) is 5.78 Å². The van der Waals surface area contributed by atoms with Crippen LogP contribution < -0.4 is 5.32 Å². The number of amides is 1. The van der Waals surface area contributed by atoms with E-state index in [-0.39, 0.29) is 24.2 Å². The molecule has 0 fully saturated rings. The summed E-state index contributed by atoms with van der Waals surface area (Å²) >= 11 is 6.06. The Bertz CT molecular complexity index is 455. The molecule has 98 valence electrons. The van der Waals surface area contributed by atoms with Gasteiger partial charge in [-0.3, -0.25) is 9.59 Å². The van der Waals surface area contributed by atoms with Gasteiger partial charge < -0.3 is 5.32 Å². The van der Waals surface area contributed by atoms with Gasteiger partial charge in [0.05, 0.1) is 10.6 Å². The lowest BCUT2D eigenvalue weighted by molar-refractivity contribution is -0.118. The Hall–Kier alpha value is -1.35. The minimum absolute atomic E-state index is 0.0310. The summed E-state index contributed by atoms with van der Waals surface area (Å²) in [4.78, 5) is 23.6. The fourth-order valence-electron chi connectivity index (χ4n) is 1.64. The van der Waals surface area contributed by atoms with Crippen LogP contribution in [0.1, 0.15) is 43.1 Å². The van der Waals surface area contributed by atoms with Crippen LogP contribution in [0, 0.1) is 0 Å². The summed E-state index contributed by atoms with van der Waals surface area (Å²) in [6, 6.07) is 5.22. The maximum absolute atomic E-state index is 12.1. The van der Waals surface area contributed by atoms with Crippen LogP contribution in [-0.4, -0.2) is 17.7 Å². The van der Waals surface area contributed by atoms with Crippen LogP contribution in [0.5, 0.6) is 0 Å². The zero-order chi connectivity index (χ0) is 13.7. The number of Topliss-reactive ketones (excluding diaryl/α,β-unsaturated/α-hetero) is 1. The van der Waals surface area contributed by atoms with Crippen molar-refractivity contribution in [1.29, 1.82) is 0 Å². The van der Waals surface area contributed by atoms with Gasteiger partial charge in [-0.15, -0.1) is 0 Å². The number of carbonyl (C=O) groups is 2. The second-order valence-electron chi connectivity index (χ2n) is 4.47.